The molecule has 1 saturated carbocycles. The Morgan fingerprint density at radius 1 is 1.25 bits per heavy atom. The van der Waals surface area contributed by atoms with Crippen LogP contribution >= 0.6 is 0 Å². The zero-order valence-electron chi connectivity index (χ0n) is 11.6. The predicted molar refractivity (Wildman–Crippen MR) is 76.4 cm³/mol. The van der Waals surface area contributed by atoms with Crippen LogP contribution in [0.4, 0.5) is 0 Å². The minimum atomic E-state index is -0.229. The number of hydrogen-bond acceptors (Lipinski definition) is 4. The standard InChI is InChI=1S/C15H18N4O/c1-10-6-7-12-13(8-10)17-14(19-18-12)15(20)16-9-11-4-2-3-5-11/h6-8,11H,2-5,9H2,1H3,(H,16,20). The number of nitrogens with zero attached hydrogens (tertiary/aromatic N) is 3. The number of fused-ring (bicyclic) bond motifs is 1. The molecule has 3 rings (SSSR count). The zero-order valence-corrected chi connectivity index (χ0v) is 11.6. The minimum Gasteiger partial charge on any atom is -0.349 e. The monoisotopic (exact) mass is 270 g/mol. The third-order valence-electron chi connectivity index (χ3n) is 3.84. The van der Waals surface area contributed by atoms with Crippen molar-refractivity contribution in [3.63, 3.8) is 0 Å². The fourth-order valence-corrected chi connectivity index (χ4v) is 2.67. The van der Waals surface area contributed by atoms with E-state index in [2.05, 4.69) is 20.5 Å². The molecule has 5 nitrogen and oxygen atoms in total. The lowest BCUT2D eigenvalue weighted by molar-refractivity contribution is 0.0936. The number of carbonyl (C=O) groups is 1. The van der Waals surface area contributed by atoms with E-state index in [4.69, 9.17) is 0 Å². The maximum absolute atomic E-state index is 12.1. The lowest BCUT2D eigenvalue weighted by Crippen LogP contribution is -2.30. The second-order valence-electron chi connectivity index (χ2n) is 5.49. The van der Waals surface area contributed by atoms with Crippen molar-refractivity contribution >= 4 is 16.9 Å². The van der Waals surface area contributed by atoms with Crippen molar-refractivity contribution in [3.8, 4) is 0 Å². The van der Waals surface area contributed by atoms with Gasteiger partial charge in [-0.1, -0.05) is 18.9 Å². The number of aromatic nitrogens is 3. The van der Waals surface area contributed by atoms with Gasteiger partial charge in [0.15, 0.2) is 0 Å². The van der Waals surface area contributed by atoms with Crippen molar-refractivity contribution in [1.29, 1.82) is 0 Å². The van der Waals surface area contributed by atoms with E-state index in [0.29, 0.717) is 23.5 Å². The van der Waals surface area contributed by atoms with Gasteiger partial charge in [0.05, 0.1) is 5.52 Å². The van der Waals surface area contributed by atoms with Crippen LogP contribution in [0.1, 0.15) is 41.9 Å². The molecule has 0 radical (unpaired) electrons. The fraction of sp³-hybridized carbons (Fsp3) is 0.467. The molecular formula is C15H18N4O. The number of hydrogen-bond donors (Lipinski definition) is 1. The van der Waals surface area contributed by atoms with Crippen LogP contribution in [0.5, 0.6) is 0 Å². The highest BCUT2D eigenvalue weighted by molar-refractivity contribution is 5.91. The van der Waals surface area contributed by atoms with Gasteiger partial charge in [0, 0.05) is 6.54 Å². The molecule has 0 spiro atoms. The van der Waals surface area contributed by atoms with E-state index in [1.807, 2.05) is 25.1 Å². The molecule has 0 unspecified atom stereocenters. The minimum absolute atomic E-state index is 0.154. The summed E-state index contributed by atoms with van der Waals surface area (Å²) in [6.07, 6.45) is 4.95. The Labute approximate surface area is 117 Å². The second-order valence-corrected chi connectivity index (χ2v) is 5.49. The summed E-state index contributed by atoms with van der Waals surface area (Å²) < 4.78 is 0. The van der Waals surface area contributed by atoms with Crippen LogP contribution in [-0.2, 0) is 0 Å². The normalized spacial score (nSPS) is 15.7. The summed E-state index contributed by atoms with van der Waals surface area (Å²) in [5.41, 5.74) is 2.52. The van der Waals surface area contributed by atoms with Gasteiger partial charge < -0.3 is 5.32 Å². The first-order valence-electron chi connectivity index (χ1n) is 7.11. The lowest BCUT2D eigenvalue weighted by atomic mass is 10.1. The van der Waals surface area contributed by atoms with Crippen molar-refractivity contribution in [2.75, 3.05) is 6.54 Å². The van der Waals surface area contributed by atoms with Gasteiger partial charge in [-0.25, -0.2) is 4.98 Å². The highest BCUT2D eigenvalue weighted by Crippen LogP contribution is 2.23. The van der Waals surface area contributed by atoms with Gasteiger partial charge in [0.25, 0.3) is 5.91 Å². The molecule has 1 aliphatic carbocycles. The first-order valence-corrected chi connectivity index (χ1v) is 7.11. The zero-order chi connectivity index (χ0) is 13.9. The number of nitrogens with one attached hydrogen (secondary N) is 1. The van der Waals surface area contributed by atoms with Crippen LogP contribution in [0.25, 0.3) is 11.0 Å². The quantitative estimate of drug-likeness (QED) is 0.928. The van der Waals surface area contributed by atoms with E-state index in [1.165, 1.54) is 25.7 Å². The number of amides is 1. The van der Waals surface area contributed by atoms with E-state index in [0.717, 1.165) is 5.56 Å². The van der Waals surface area contributed by atoms with Gasteiger partial charge in [-0.2, -0.15) is 0 Å². The molecule has 1 fully saturated rings. The molecule has 1 aromatic carbocycles. The molecule has 0 bridgehead atoms. The van der Waals surface area contributed by atoms with Crippen molar-refractivity contribution in [3.05, 3.63) is 29.6 Å². The topological polar surface area (TPSA) is 67.8 Å². The third-order valence-corrected chi connectivity index (χ3v) is 3.84. The maximum Gasteiger partial charge on any atom is 0.291 e. The molecule has 0 saturated heterocycles. The van der Waals surface area contributed by atoms with Crippen molar-refractivity contribution in [1.82, 2.24) is 20.5 Å². The molecule has 1 aromatic heterocycles. The van der Waals surface area contributed by atoms with E-state index >= 15 is 0 Å². The lowest BCUT2D eigenvalue weighted by Gasteiger charge is -2.09. The van der Waals surface area contributed by atoms with Gasteiger partial charge >= 0.3 is 0 Å². The molecule has 1 N–H and O–H groups in total. The van der Waals surface area contributed by atoms with Crippen molar-refractivity contribution in [2.45, 2.75) is 32.6 Å². The van der Waals surface area contributed by atoms with Gasteiger partial charge in [0.1, 0.15) is 5.52 Å². The highest BCUT2D eigenvalue weighted by atomic mass is 16.2. The molecule has 0 atom stereocenters. The van der Waals surface area contributed by atoms with Gasteiger partial charge in [-0.3, -0.25) is 4.79 Å². The third kappa shape index (κ3) is 2.76. The second kappa shape index (κ2) is 5.53. The Kier molecular flexibility index (Phi) is 3.58. The van der Waals surface area contributed by atoms with Crippen LogP contribution < -0.4 is 5.32 Å². The molecule has 2 aromatic rings. The first kappa shape index (κ1) is 13.0. The van der Waals surface area contributed by atoms with Crippen LogP contribution in [0.2, 0.25) is 0 Å². The highest BCUT2D eigenvalue weighted by Gasteiger charge is 2.17. The Bertz CT molecular complexity index is 635. The van der Waals surface area contributed by atoms with Gasteiger partial charge in [-0.15, -0.1) is 10.2 Å². The SMILES string of the molecule is Cc1ccc2nnc(C(=O)NCC3CCCC3)nc2c1. The molecular weight excluding hydrogens is 252 g/mol. The average molecular weight is 270 g/mol. The summed E-state index contributed by atoms with van der Waals surface area (Å²) >= 11 is 0. The number of rotatable bonds is 3. The number of carbonyl (C=O) groups excluding carboxylic acids is 1. The Balaban J connectivity index is 1.73. The van der Waals surface area contributed by atoms with Crippen LogP contribution in [0.15, 0.2) is 18.2 Å². The van der Waals surface area contributed by atoms with Crippen LogP contribution in [0.3, 0.4) is 0 Å². The van der Waals surface area contributed by atoms with Crippen molar-refractivity contribution in [2.24, 2.45) is 5.92 Å². The molecule has 1 amide bonds. The first-order chi connectivity index (χ1) is 9.72. The summed E-state index contributed by atoms with van der Waals surface area (Å²) in [5, 5.41) is 10.9. The Morgan fingerprint density at radius 2 is 2.05 bits per heavy atom. The summed E-state index contributed by atoms with van der Waals surface area (Å²) in [4.78, 5) is 16.3. The van der Waals surface area contributed by atoms with E-state index < -0.39 is 0 Å². The maximum atomic E-state index is 12.1. The Morgan fingerprint density at radius 3 is 2.85 bits per heavy atom. The predicted octanol–water partition coefficient (Wildman–Crippen LogP) is 2.25. The molecule has 5 heteroatoms. The molecule has 0 aliphatic heterocycles. The fourth-order valence-electron chi connectivity index (χ4n) is 2.67. The summed E-state index contributed by atoms with van der Waals surface area (Å²) in [6.45, 7) is 2.70. The Hall–Kier alpha value is -2.04. The van der Waals surface area contributed by atoms with Gasteiger partial charge in [-0.05, 0) is 43.4 Å². The smallest absolute Gasteiger partial charge is 0.291 e. The number of aryl methyl sites for hydroxylation is 1. The molecule has 20 heavy (non-hydrogen) atoms. The largest absolute Gasteiger partial charge is 0.349 e. The van der Waals surface area contributed by atoms with Crippen LogP contribution in [0, 0.1) is 12.8 Å². The summed E-state index contributed by atoms with van der Waals surface area (Å²) in [5.74, 6) is 0.531. The van der Waals surface area contributed by atoms with E-state index in [1.54, 1.807) is 0 Å². The van der Waals surface area contributed by atoms with Crippen LogP contribution in [-0.4, -0.2) is 27.6 Å². The average Bonchev–Trinajstić information content (AvgIpc) is 2.97. The van der Waals surface area contributed by atoms with Gasteiger partial charge in [0.2, 0.25) is 5.82 Å². The van der Waals surface area contributed by atoms with E-state index in [-0.39, 0.29) is 11.7 Å². The summed E-state index contributed by atoms with van der Waals surface area (Å²) in [7, 11) is 0. The number of benzene rings is 1. The van der Waals surface area contributed by atoms with E-state index in [9.17, 15) is 4.79 Å². The molecule has 1 aliphatic rings. The van der Waals surface area contributed by atoms with Crippen molar-refractivity contribution < 1.29 is 4.79 Å². The molecule has 104 valence electrons. The molecule has 1 heterocycles. The summed E-state index contributed by atoms with van der Waals surface area (Å²) in [6, 6.07) is 5.74.